The zero-order valence-electron chi connectivity index (χ0n) is 15.2. The van der Waals surface area contributed by atoms with Crippen LogP contribution in [0, 0.1) is 0 Å². The number of rotatable bonds is 5. The van der Waals surface area contributed by atoms with Gasteiger partial charge in [0.25, 0.3) is 10.0 Å². The molecule has 0 saturated carbocycles. The van der Waals surface area contributed by atoms with E-state index in [1.165, 1.54) is 16.9 Å². The summed E-state index contributed by atoms with van der Waals surface area (Å²) in [6, 6.07) is 24.2. The molecule has 0 atom stereocenters. The molecule has 8 heteroatoms. The number of anilines is 1. The maximum atomic E-state index is 12.8. The second-order valence-corrected chi connectivity index (χ2v) is 8.46. The topological polar surface area (TPSA) is 90.0 Å². The highest BCUT2D eigenvalue weighted by atomic mass is 35.5. The largest absolute Gasteiger partial charge is 0.399 e. The van der Waals surface area contributed by atoms with E-state index < -0.39 is 10.0 Å². The van der Waals surface area contributed by atoms with Crippen LogP contribution in [0.3, 0.4) is 0 Å². The summed E-state index contributed by atoms with van der Waals surface area (Å²) in [4.78, 5) is 3.93. The van der Waals surface area contributed by atoms with Crippen molar-refractivity contribution >= 4 is 27.3 Å². The highest BCUT2D eigenvalue weighted by molar-refractivity contribution is 7.92. The summed E-state index contributed by atoms with van der Waals surface area (Å²) in [5.41, 5.74) is 9.16. The van der Waals surface area contributed by atoms with Crippen molar-refractivity contribution in [1.82, 2.24) is 9.89 Å². The quantitative estimate of drug-likeness (QED) is 0.465. The molecule has 0 unspecified atom stereocenters. The minimum atomic E-state index is -3.83. The molecule has 0 spiro atoms. The van der Waals surface area contributed by atoms with Crippen LogP contribution < -0.4 is 10.6 Å². The number of hydrogen-bond donors (Lipinski definition) is 2. The third-order valence-electron chi connectivity index (χ3n) is 4.29. The van der Waals surface area contributed by atoms with Crippen molar-refractivity contribution in [3.63, 3.8) is 0 Å². The lowest BCUT2D eigenvalue weighted by Crippen LogP contribution is -2.25. The molecular formula is C21H17ClN4O2S. The Hall–Kier alpha value is -3.29. The number of halogens is 1. The molecule has 1 aromatic heterocycles. The predicted octanol–water partition coefficient (Wildman–Crippen LogP) is 4.39. The van der Waals surface area contributed by atoms with Crippen molar-refractivity contribution in [3.05, 3.63) is 90.0 Å². The standard InChI is InChI=1S/C21H17ClN4O2S/c22-17-11-9-15(10-12-17)20-14-21(16-5-4-6-18(23)13-16)26(24-20)25-29(27,28)19-7-2-1-3-8-19/h1-14,25H,23H2. The Morgan fingerprint density at radius 1 is 0.862 bits per heavy atom. The van der Waals surface area contributed by atoms with E-state index in [4.69, 9.17) is 17.3 Å². The van der Waals surface area contributed by atoms with Gasteiger partial charge in [0.2, 0.25) is 0 Å². The van der Waals surface area contributed by atoms with Crippen LogP contribution >= 0.6 is 11.6 Å². The Labute approximate surface area is 173 Å². The number of nitrogen functional groups attached to an aromatic ring is 1. The summed E-state index contributed by atoms with van der Waals surface area (Å²) in [7, 11) is -3.83. The lowest BCUT2D eigenvalue weighted by Gasteiger charge is -2.11. The maximum Gasteiger partial charge on any atom is 0.276 e. The van der Waals surface area contributed by atoms with Gasteiger partial charge in [-0.15, -0.1) is 0 Å². The van der Waals surface area contributed by atoms with Crippen LogP contribution in [0.4, 0.5) is 5.69 Å². The first-order valence-corrected chi connectivity index (χ1v) is 10.6. The molecule has 6 nitrogen and oxygen atoms in total. The summed E-state index contributed by atoms with van der Waals surface area (Å²) in [5, 5.41) is 5.07. The van der Waals surface area contributed by atoms with Gasteiger partial charge < -0.3 is 5.73 Å². The van der Waals surface area contributed by atoms with Crippen LogP contribution in [0.15, 0.2) is 89.8 Å². The minimum absolute atomic E-state index is 0.141. The van der Waals surface area contributed by atoms with Gasteiger partial charge >= 0.3 is 0 Å². The third-order valence-corrected chi connectivity index (χ3v) is 5.85. The van der Waals surface area contributed by atoms with E-state index in [0.717, 1.165) is 11.1 Å². The van der Waals surface area contributed by atoms with E-state index in [1.807, 2.05) is 18.2 Å². The van der Waals surface area contributed by atoms with Gasteiger partial charge in [0.15, 0.2) is 0 Å². The average Bonchev–Trinajstić information content (AvgIpc) is 3.12. The molecule has 3 aromatic carbocycles. The molecule has 0 aliphatic heterocycles. The van der Waals surface area contributed by atoms with Crippen molar-refractivity contribution in [3.8, 4) is 22.5 Å². The molecule has 4 rings (SSSR count). The van der Waals surface area contributed by atoms with E-state index in [-0.39, 0.29) is 4.90 Å². The number of benzene rings is 3. The fraction of sp³-hybridized carbons (Fsp3) is 0. The zero-order valence-corrected chi connectivity index (χ0v) is 16.7. The van der Waals surface area contributed by atoms with Gasteiger partial charge in [-0.25, -0.2) is 0 Å². The lowest BCUT2D eigenvalue weighted by molar-refractivity contribution is 0.592. The fourth-order valence-corrected chi connectivity index (χ4v) is 4.00. The number of sulfonamides is 1. The number of hydrogen-bond acceptors (Lipinski definition) is 4. The molecule has 29 heavy (non-hydrogen) atoms. The van der Waals surface area contributed by atoms with Crippen LogP contribution in [0.2, 0.25) is 5.02 Å². The van der Waals surface area contributed by atoms with E-state index >= 15 is 0 Å². The predicted molar refractivity (Wildman–Crippen MR) is 116 cm³/mol. The second kappa shape index (κ2) is 7.62. The molecule has 3 N–H and O–H groups in total. The molecule has 1 heterocycles. The first-order chi connectivity index (χ1) is 13.9. The molecule has 0 radical (unpaired) electrons. The van der Waals surface area contributed by atoms with Crippen LogP contribution in [0.5, 0.6) is 0 Å². The van der Waals surface area contributed by atoms with Crippen molar-refractivity contribution in [2.75, 3.05) is 10.6 Å². The lowest BCUT2D eigenvalue weighted by atomic mass is 10.1. The number of nitrogens with two attached hydrogens (primary N) is 1. The molecule has 0 aliphatic carbocycles. The number of aromatic nitrogens is 2. The summed E-state index contributed by atoms with van der Waals surface area (Å²) in [6.07, 6.45) is 0. The van der Waals surface area contributed by atoms with E-state index in [1.54, 1.807) is 54.6 Å². The Morgan fingerprint density at radius 2 is 1.59 bits per heavy atom. The maximum absolute atomic E-state index is 12.8. The molecule has 0 bridgehead atoms. The molecule has 0 aliphatic rings. The highest BCUT2D eigenvalue weighted by Gasteiger charge is 2.19. The van der Waals surface area contributed by atoms with Gasteiger partial charge in [0.1, 0.15) is 0 Å². The molecule has 146 valence electrons. The van der Waals surface area contributed by atoms with E-state index in [0.29, 0.717) is 22.1 Å². The number of nitrogens with zero attached hydrogens (tertiary/aromatic N) is 2. The Bertz CT molecular complexity index is 1250. The fourth-order valence-electron chi connectivity index (χ4n) is 2.88. The van der Waals surface area contributed by atoms with E-state index in [9.17, 15) is 8.42 Å². The molecule has 0 fully saturated rings. The van der Waals surface area contributed by atoms with Gasteiger partial charge in [-0.1, -0.05) is 54.1 Å². The van der Waals surface area contributed by atoms with Crippen LogP contribution in [0.1, 0.15) is 0 Å². The summed E-state index contributed by atoms with van der Waals surface area (Å²) in [5.74, 6) is 0. The highest BCUT2D eigenvalue weighted by Crippen LogP contribution is 2.28. The Morgan fingerprint density at radius 3 is 2.28 bits per heavy atom. The van der Waals surface area contributed by atoms with E-state index in [2.05, 4.69) is 9.93 Å². The molecule has 0 saturated heterocycles. The van der Waals surface area contributed by atoms with Crippen molar-refractivity contribution in [1.29, 1.82) is 0 Å². The van der Waals surface area contributed by atoms with Crippen molar-refractivity contribution in [2.24, 2.45) is 0 Å². The van der Waals surface area contributed by atoms with Gasteiger partial charge in [-0.3, -0.25) is 0 Å². The van der Waals surface area contributed by atoms with Crippen molar-refractivity contribution < 1.29 is 8.42 Å². The molecular weight excluding hydrogens is 408 g/mol. The summed E-state index contributed by atoms with van der Waals surface area (Å²) < 4.78 is 25.7. The average molecular weight is 425 g/mol. The van der Waals surface area contributed by atoms with Crippen LogP contribution in [-0.4, -0.2) is 18.3 Å². The van der Waals surface area contributed by atoms with Gasteiger partial charge in [-0.2, -0.15) is 23.1 Å². The van der Waals surface area contributed by atoms with Gasteiger partial charge in [0.05, 0.1) is 16.3 Å². The smallest absolute Gasteiger partial charge is 0.276 e. The second-order valence-electron chi connectivity index (χ2n) is 6.37. The first-order valence-electron chi connectivity index (χ1n) is 8.72. The summed E-state index contributed by atoms with van der Waals surface area (Å²) in [6.45, 7) is 0. The SMILES string of the molecule is Nc1cccc(-c2cc(-c3ccc(Cl)cc3)nn2NS(=O)(=O)c2ccccc2)c1. The van der Waals surface area contributed by atoms with Crippen LogP contribution in [-0.2, 0) is 10.0 Å². The minimum Gasteiger partial charge on any atom is -0.399 e. The number of nitrogens with one attached hydrogen (secondary N) is 1. The normalized spacial score (nSPS) is 11.3. The van der Waals surface area contributed by atoms with Crippen LogP contribution in [0.25, 0.3) is 22.5 Å². The molecule has 0 amide bonds. The monoisotopic (exact) mass is 424 g/mol. The van der Waals surface area contributed by atoms with Crippen molar-refractivity contribution in [2.45, 2.75) is 4.90 Å². The van der Waals surface area contributed by atoms with Gasteiger partial charge in [-0.05, 0) is 42.5 Å². The van der Waals surface area contributed by atoms with Gasteiger partial charge in [0, 0.05) is 21.8 Å². The summed E-state index contributed by atoms with van der Waals surface area (Å²) >= 11 is 5.97. The Kier molecular flexibility index (Phi) is 5.00. The zero-order chi connectivity index (χ0) is 20.4. The first kappa shape index (κ1) is 19.0. The Balaban J connectivity index is 1.82. The molecule has 4 aromatic rings. The third kappa shape index (κ3) is 4.11.